The third-order valence-electron chi connectivity index (χ3n) is 3.21. The SMILES string of the molecule is CN(C)c1ccc(C(=O)Cc2cccc[n+]2C)cc1. The molecule has 0 aliphatic rings. The van der Waals surface area contributed by atoms with Gasteiger partial charge in [0.15, 0.2) is 17.7 Å². The summed E-state index contributed by atoms with van der Waals surface area (Å²) in [7, 11) is 5.93. The number of carbonyl (C=O) groups excluding carboxylic acids is 1. The quantitative estimate of drug-likeness (QED) is 0.616. The van der Waals surface area contributed by atoms with Gasteiger partial charge in [0.25, 0.3) is 0 Å². The second-order valence-electron chi connectivity index (χ2n) is 4.84. The van der Waals surface area contributed by atoms with Gasteiger partial charge in [0.1, 0.15) is 7.05 Å². The van der Waals surface area contributed by atoms with E-state index in [0.29, 0.717) is 6.42 Å². The maximum atomic E-state index is 12.2. The normalized spacial score (nSPS) is 10.3. The zero-order valence-corrected chi connectivity index (χ0v) is 11.6. The van der Waals surface area contributed by atoms with E-state index in [1.165, 1.54) is 0 Å². The van der Waals surface area contributed by atoms with Crippen molar-refractivity contribution in [3.05, 3.63) is 59.9 Å². The number of pyridine rings is 1. The number of aryl methyl sites for hydroxylation is 1. The molecule has 98 valence electrons. The van der Waals surface area contributed by atoms with Gasteiger partial charge in [-0.2, -0.15) is 0 Å². The molecule has 3 nitrogen and oxygen atoms in total. The fourth-order valence-electron chi connectivity index (χ4n) is 1.95. The highest BCUT2D eigenvalue weighted by Gasteiger charge is 2.13. The molecule has 0 aliphatic carbocycles. The third kappa shape index (κ3) is 3.19. The summed E-state index contributed by atoms with van der Waals surface area (Å²) in [6, 6.07) is 13.6. The van der Waals surface area contributed by atoms with E-state index < -0.39 is 0 Å². The molecule has 0 amide bonds. The molecule has 2 aromatic rings. The van der Waals surface area contributed by atoms with E-state index in [4.69, 9.17) is 0 Å². The highest BCUT2D eigenvalue weighted by Crippen LogP contribution is 2.13. The van der Waals surface area contributed by atoms with Gasteiger partial charge in [-0.05, 0) is 24.3 Å². The maximum absolute atomic E-state index is 12.2. The number of nitrogens with zero attached hydrogens (tertiary/aromatic N) is 2. The van der Waals surface area contributed by atoms with Crippen molar-refractivity contribution >= 4 is 11.5 Å². The van der Waals surface area contributed by atoms with Gasteiger partial charge >= 0.3 is 0 Å². The van der Waals surface area contributed by atoms with Crippen LogP contribution in [0.15, 0.2) is 48.7 Å². The lowest BCUT2D eigenvalue weighted by Crippen LogP contribution is -2.33. The smallest absolute Gasteiger partial charge is 0.188 e. The first-order valence-electron chi connectivity index (χ1n) is 6.32. The molecule has 19 heavy (non-hydrogen) atoms. The monoisotopic (exact) mass is 255 g/mol. The summed E-state index contributed by atoms with van der Waals surface area (Å²) in [6.45, 7) is 0. The number of aromatic nitrogens is 1. The number of benzene rings is 1. The molecular weight excluding hydrogens is 236 g/mol. The zero-order valence-electron chi connectivity index (χ0n) is 11.6. The Morgan fingerprint density at radius 1 is 1.11 bits per heavy atom. The minimum atomic E-state index is 0.145. The molecular formula is C16H19N2O+. The van der Waals surface area contributed by atoms with Gasteiger partial charge in [0.2, 0.25) is 0 Å². The molecule has 0 spiro atoms. The summed E-state index contributed by atoms with van der Waals surface area (Å²) in [6.07, 6.45) is 2.39. The fraction of sp³-hybridized carbons (Fsp3) is 0.250. The Hall–Kier alpha value is -2.16. The molecule has 0 bridgehead atoms. The summed E-state index contributed by atoms with van der Waals surface area (Å²) in [5.41, 5.74) is 2.88. The van der Waals surface area contributed by atoms with Gasteiger partial charge in [0, 0.05) is 37.5 Å². The van der Waals surface area contributed by atoms with Crippen LogP contribution in [0.1, 0.15) is 16.1 Å². The van der Waals surface area contributed by atoms with E-state index in [9.17, 15) is 4.79 Å². The van der Waals surface area contributed by atoms with Crippen molar-refractivity contribution in [3.63, 3.8) is 0 Å². The Kier molecular flexibility index (Phi) is 3.95. The first-order valence-corrected chi connectivity index (χ1v) is 6.32. The lowest BCUT2D eigenvalue weighted by Gasteiger charge is -2.12. The Morgan fingerprint density at radius 3 is 2.37 bits per heavy atom. The molecule has 0 radical (unpaired) electrons. The van der Waals surface area contributed by atoms with Crippen LogP contribution in [0.4, 0.5) is 5.69 Å². The predicted molar refractivity (Wildman–Crippen MR) is 76.4 cm³/mol. The lowest BCUT2D eigenvalue weighted by atomic mass is 10.1. The first kappa shape index (κ1) is 13.3. The van der Waals surface area contributed by atoms with Crippen LogP contribution in [0.3, 0.4) is 0 Å². The van der Waals surface area contributed by atoms with Crippen molar-refractivity contribution in [3.8, 4) is 0 Å². The summed E-state index contributed by atoms with van der Waals surface area (Å²) in [5, 5.41) is 0. The molecule has 2 rings (SSSR count). The van der Waals surface area contributed by atoms with Crippen molar-refractivity contribution in [2.24, 2.45) is 7.05 Å². The number of hydrogen-bond acceptors (Lipinski definition) is 2. The van der Waals surface area contributed by atoms with E-state index in [-0.39, 0.29) is 5.78 Å². The second kappa shape index (κ2) is 5.65. The van der Waals surface area contributed by atoms with Gasteiger partial charge < -0.3 is 4.90 Å². The molecule has 0 atom stereocenters. The molecule has 0 saturated heterocycles. The third-order valence-corrected chi connectivity index (χ3v) is 3.21. The number of carbonyl (C=O) groups is 1. The molecule has 1 aromatic carbocycles. The first-order chi connectivity index (χ1) is 9.08. The Morgan fingerprint density at radius 2 is 1.79 bits per heavy atom. The van der Waals surface area contributed by atoms with Crippen LogP contribution in [0.5, 0.6) is 0 Å². The van der Waals surface area contributed by atoms with Crippen LogP contribution in [-0.4, -0.2) is 19.9 Å². The largest absolute Gasteiger partial charge is 0.378 e. The molecule has 0 fully saturated rings. The van der Waals surface area contributed by atoms with Gasteiger partial charge in [-0.1, -0.05) is 6.07 Å². The number of anilines is 1. The summed E-state index contributed by atoms with van der Waals surface area (Å²) in [4.78, 5) is 14.2. The summed E-state index contributed by atoms with van der Waals surface area (Å²) >= 11 is 0. The van der Waals surface area contributed by atoms with Gasteiger partial charge in [0.05, 0.1) is 6.42 Å². The van der Waals surface area contributed by atoms with Crippen LogP contribution >= 0.6 is 0 Å². The zero-order chi connectivity index (χ0) is 13.8. The highest BCUT2D eigenvalue weighted by atomic mass is 16.1. The minimum absolute atomic E-state index is 0.145. The van der Waals surface area contributed by atoms with Crippen LogP contribution in [0.2, 0.25) is 0 Å². The average molecular weight is 255 g/mol. The van der Waals surface area contributed by atoms with Crippen LogP contribution < -0.4 is 9.47 Å². The summed E-state index contributed by atoms with van der Waals surface area (Å²) in [5.74, 6) is 0.145. The predicted octanol–water partition coefficient (Wildman–Crippen LogP) is 2.00. The minimum Gasteiger partial charge on any atom is -0.378 e. The van der Waals surface area contributed by atoms with Crippen LogP contribution in [-0.2, 0) is 13.5 Å². The molecule has 3 heteroatoms. The van der Waals surface area contributed by atoms with E-state index in [1.807, 2.05) is 79.3 Å². The lowest BCUT2D eigenvalue weighted by molar-refractivity contribution is -0.678. The number of rotatable bonds is 4. The van der Waals surface area contributed by atoms with Crippen molar-refractivity contribution in [1.29, 1.82) is 0 Å². The maximum Gasteiger partial charge on any atom is 0.188 e. The van der Waals surface area contributed by atoms with Crippen molar-refractivity contribution in [2.75, 3.05) is 19.0 Å². The fourth-order valence-corrected chi connectivity index (χ4v) is 1.95. The van der Waals surface area contributed by atoms with Gasteiger partial charge in [-0.25, -0.2) is 4.57 Å². The van der Waals surface area contributed by atoms with Gasteiger partial charge in [-0.15, -0.1) is 0 Å². The number of ketones is 1. The number of hydrogen-bond donors (Lipinski definition) is 0. The second-order valence-corrected chi connectivity index (χ2v) is 4.84. The summed E-state index contributed by atoms with van der Waals surface area (Å²) < 4.78 is 1.98. The van der Waals surface area contributed by atoms with E-state index in [1.54, 1.807) is 0 Å². The molecule has 0 aliphatic heterocycles. The highest BCUT2D eigenvalue weighted by molar-refractivity contribution is 5.97. The standard InChI is InChI=1S/C16H19N2O/c1-17(2)14-9-7-13(8-10-14)16(19)12-15-6-4-5-11-18(15)3/h4-11H,12H2,1-3H3/q+1. The van der Waals surface area contributed by atoms with Crippen LogP contribution in [0.25, 0.3) is 0 Å². The topological polar surface area (TPSA) is 24.2 Å². The Bertz CT molecular complexity index is 574. The van der Waals surface area contributed by atoms with E-state index >= 15 is 0 Å². The molecule has 1 aromatic heterocycles. The molecule has 1 heterocycles. The Balaban J connectivity index is 2.14. The number of Topliss-reactive ketones (excluding diaryl/α,β-unsaturated/α-hetero) is 1. The van der Waals surface area contributed by atoms with Crippen molar-refractivity contribution in [2.45, 2.75) is 6.42 Å². The van der Waals surface area contributed by atoms with Crippen LogP contribution in [0, 0.1) is 0 Å². The average Bonchev–Trinajstić information content (AvgIpc) is 2.41. The molecule has 0 N–H and O–H groups in total. The van der Waals surface area contributed by atoms with Gasteiger partial charge in [-0.3, -0.25) is 4.79 Å². The van der Waals surface area contributed by atoms with E-state index in [0.717, 1.165) is 16.9 Å². The molecule has 0 saturated carbocycles. The van der Waals surface area contributed by atoms with Crippen molar-refractivity contribution < 1.29 is 9.36 Å². The van der Waals surface area contributed by atoms with Crippen molar-refractivity contribution in [1.82, 2.24) is 0 Å². The Labute approximate surface area is 114 Å². The molecule has 0 unspecified atom stereocenters. The van der Waals surface area contributed by atoms with E-state index in [2.05, 4.69) is 0 Å².